The number of piperidine rings is 1. The molecule has 1 saturated heterocycles. The van der Waals surface area contributed by atoms with Crippen molar-refractivity contribution in [2.45, 2.75) is 70.9 Å². The molecule has 0 atom stereocenters. The van der Waals surface area contributed by atoms with Crippen LogP contribution in [0.15, 0.2) is 17.3 Å². The molecule has 3 rings (SSSR count). The normalized spacial score (nSPS) is 20.4. The van der Waals surface area contributed by atoms with Crippen molar-refractivity contribution in [3.05, 3.63) is 23.4 Å². The molecule has 0 radical (unpaired) electrons. The van der Waals surface area contributed by atoms with Crippen molar-refractivity contribution in [2.75, 3.05) is 18.0 Å². The van der Waals surface area contributed by atoms with E-state index in [9.17, 15) is 4.79 Å². The first kappa shape index (κ1) is 18.8. The lowest BCUT2D eigenvalue weighted by molar-refractivity contribution is 0.100. The van der Waals surface area contributed by atoms with E-state index in [4.69, 9.17) is 5.73 Å². The van der Waals surface area contributed by atoms with Crippen LogP contribution in [0.5, 0.6) is 0 Å². The van der Waals surface area contributed by atoms with Crippen molar-refractivity contribution in [3.8, 4) is 0 Å². The zero-order valence-electron chi connectivity index (χ0n) is 16.0. The minimum absolute atomic E-state index is 0.276. The molecule has 0 bridgehead atoms. The number of aliphatic imine (C=N–C) groups is 1. The molecule has 3 N–H and O–H groups in total. The van der Waals surface area contributed by atoms with E-state index in [2.05, 4.69) is 20.2 Å². The monoisotopic (exact) mass is 357 g/mol. The second kappa shape index (κ2) is 8.62. The molecule has 1 saturated carbocycles. The van der Waals surface area contributed by atoms with E-state index in [-0.39, 0.29) is 11.7 Å². The van der Waals surface area contributed by atoms with E-state index in [1.807, 2.05) is 19.2 Å². The van der Waals surface area contributed by atoms with Crippen molar-refractivity contribution in [1.29, 1.82) is 0 Å². The fraction of sp³-hybridized carbons (Fsp3) is 0.650. The number of aryl methyl sites for hydroxylation is 1. The first-order valence-electron chi connectivity index (χ1n) is 9.85. The second-order valence-corrected chi connectivity index (χ2v) is 7.71. The maximum absolute atomic E-state index is 12.5. The van der Waals surface area contributed by atoms with Gasteiger partial charge in [-0.15, -0.1) is 0 Å². The highest BCUT2D eigenvalue weighted by atomic mass is 16.1. The predicted octanol–water partition coefficient (Wildman–Crippen LogP) is 2.80. The molecule has 1 amide bonds. The highest BCUT2D eigenvalue weighted by Crippen LogP contribution is 2.25. The largest absolute Gasteiger partial charge is 0.387 e. The maximum atomic E-state index is 12.5. The summed E-state index contributed by atoms with van der Waals surface area (Å²) in [5.74, 6) is 0.707. The lowest BCUT2D eigenvalue weighted by atomic mass is 9.93. The molecule has 26 heavy (non-hydrogen) atoms. The van der Waals surface area contributed by atoms with Crippen LogP contribution in [-0.4, -0.2) is 41.9 Å². The minimum atomic E-state index is -0.307. The second-order valence-electron chi connectivity index (χ2n) is 7.71. The molecule has 2 fully saturated rings. The van der Waals surface area contributed by atoms with Gasteiger partial charge >= 0.3 is 0 Å². The van der Waals surface area contributed by atoms with Crippen molar-refractivity contribution < 1.29 is 4.79 Å². The number of nitrogens with zero attached hydrogens (tertiary/aromatic N) is 3. The number of pyridine rings is 1. The lowest BCUT2D eigenvalue weighted by Crippen LogP contribution is -2.47. The molecule has 0 unspecified atom stereocenters. The summed E-state index contributed by atoms with van der Waals surface area (Å²) in [6.45, 7) is 5.38. The molecule has 0 aromatic carbocycles. The average Bonchev–Trinajstić information content (AvgIpc) is 2.63. The topological polar surface area (TPSA) is 83.6 Å². The van der Waals surface area contributed by atoms with Crippen molar-refractivity contribution in [1.82, 2.24) is 10.3 Å². The number of carbonyl (C=O) groups is 1. The Kier molecular flexibility index (Phi) is 6.25. The van der Waals surface area contributed by atoms with E-state index in [1.54, 1.807) is 6.92 Å². The van der Waals surface area contributed by atoms with Gasteiger partial charge < -0.3 is 16.0 Å². The van der Waals surface area contributed by atoms with Gasteiger partial charge in [-0.2, -0.15) is 4.99 Å². The van der Waals surface area contributed by atoms with E-state index in [1.165, 1.54) is 32.1 Å². The first-order valence-corrected chi connectivity index (χ1v) is 9.85. The van der Waals surface area contributed by atoms with Crippen LogP contribution in [0.3, 0.4) is 0 Å². The lowest BCUT2D eigenvalue weighted by Gasteiger charge is -2.36. The van der Waals surface area contributed by atoms with Gasteiger partial charge in [0.05, 0.1) is 5.56 Å². The standard InChI is InChI=1S/C20H31N5O/c1-14-12-18(20(26)23-15(2)21)19(22-13-14)25-10-8-17(9-11-25)24-16-6-4-3-5-7-16/h12-13,16-17,24H,3-11H2,1-2H3,(H2,21,23,26). The molecular formula is C20H31N5O. The molecule has 1 aliphatic carbocycles. The number of carbonyl (C=O) groups excluding carboxylic acids is 1. The number of rotatable bonds is 4. The summed E-state index contributed by atoms with van der Waals surface area (Å²) >= 11 is 0. The zero-order valence-corrected chi connectivity index (χ0v) is 16.0. The smallest absolute Gasteiger partial charge is 0.282 e. The number of anilines is 1. The number of nitrogens with two attached hydrogens (primary N) is 1. The van der Waals surface area contributed by atoms with Gasteiger partial charge in [-0.3, -0.25) is 4.79 Å². The summed E-state index contributed by atoms with van der Waals surface area (Å²) < 4.78 is 0. The molecule has 2 heterocycles. The average molecular weight is 358 g/mol. The Bertz CT molecular complexity index is 654. The van der Waals surface area contributed by atoms with E-state index < -0.39 is 0 Å². The minimum Gasteiger partial charge on any atom is -0.387 e. The molecule has 2 aliphatic rings. The quantitative estimate of drug-likeness (QED) is 0.639. The maximum Gasteiger partial charge on any atom is 0.282 e. The number of amidine groups is 1. The number of aromatic nitrogens is 1. The Morgan fingerprint density at radius 2 is 1.85 bits per heavy atom. The highest BCUT2D eigenvalue weighted by Gasteiger charge is 2.26. The number of nitrogens with one attached hydrogen (secondary N) is 1. The van der Waals surface area contributed by atoms with E-state index in [0.717, 1.165) is 37.3 Å². The van der Waals surface area contributed by atoms with Gasteiger partial charge in [-0.05, 0) is 51.2 Å². The van der Waals surface area contributed by atoms with E-state index in [0.29, 0.717) is 17.6 Å². The number of amides is 1. The molecule has 1 aromatic rings. The molecule has 142 valence electrons. The first-order chi connectivity index (χ1) is 12.5. The fourth-order valence-electron chi connectivity index (χ4n) is 4.05. The third-order valence-corrected chi connectivity index (χ3v) is 5.38. The SMILES string of the molecule is CC(N)=NC(=O)c1cc(C)cnc1N1CCC(NC2CCCCC2)CC1. The molecule has 1 aliphatic heterocycles. The van der Waals surface area contributed by atoms with Gasteiger partial charge in [0, 0.05) is 31.4 Å². The van der Waals surface area contributed by atoms with Crippen LogP contribution in [0, 0.1) is 6.92 Å². The summed E-state index contributed by atoms with van der Waals surface area (Å²) in [7, 11) is 0. The van der Waals surface area contributed by atoms with Crippen molar-refractivity contribution in [2.24, 2.45) is 10.7 Å². The van der Waals surface area contributed by atoms with Gasteiger partial charge in [0.25, 0.3) is 5.91 Å². The van der Waals surface area contributed by atoms with Crippen LogP contribution in [0.25, 0.3) is 0 Å². The highest BCUT2D eigenvalue weighted by molar-refractivity contribution is 6.05. The van der Waals surface area contributed by atoms with Gasteiger partial charge in [0.1, 0.15) is 11.7 Å². The van der Waals surface area contributed by atoms with Crippen LogP contribution in [0.2, 0.25) is 0 Å². The zero-order chi connectivity index (χ0) is 18.5. The Hall–Kier alpha value is -1.95. The van der Waals surface area contributed by atoms with Crippen molar-refractivity contribution in [3.63, 3.8) is 0 Å². The van der Waals surface area contributed by atoms with Crippen LogP contribution in [-0.2, 0) is 0 Å². The van der Waals surface area contributed by atoms with Crippen molar-refractivity contribution >= 4 is 17.6 Å². The third-order valence-electron chi connectivity index (χ3n) is 5.38. The summed E-state index contributed by atoms with van der Waals surface area (Å²) in [5, 5.41) is 3.85. The Balaban J connectivity index is 1.65. The predicted molar refractivity (Wildman–Crippen MR) is 106 cm³/mol. The van der Waals surface area contributed by atoms with Gasteiger partial charge in [0.15, 0.2) is 0 Å². The van der Waals surface area contributed by atoms with Gasteiger partial charge in [0.2, 0.25) is 0 Å². The molecule has 0 spiro atoms. The van der Waals surface area contributed by atoms with Gasteiger partial charge in [-0.1, -0.05) is 19.3 Å². The summed E-state index contributed by atoms with van der Waals surface area (Å²) in [6.07, 6.45) is 10.7. The summed E-state index contributed by atoms with van der Waals surface area (Å²) in [5.41, 5.74) is 7.10. The molecule has 6 heteroatoms. The van der Waals surface area contributed by atoms with Crippen LogP contribution >= 0.6 is 0 Å². The van der Waals surface area contributed by atoms with Crippen LogP contribution in [0.1, 0.15) is 67.8 Å². The summed E-state index contributed by atoms with van der Waals surface area (Å²) in [4.78, 5) is 23.1. The van der Waals surface area contributed by atoms with Crippen LogP contribution in [0.4, 0.5) is 5.82 Å². The number of hydrogen-bond donors (Lipinski definition) is 2. The fourth-order valence-corrected chi connectivity index (χ4v) is 4.05. The number of hydrogen-bond acceptors (Lipinski definition) is 4. The van der Waals surface area contributed by atoms with Gasteiger partial charge in [-0.25, -0.2) is 4.98 Å². The molecule has 6 nitrogen and oxygen atoms in total. The Morgan fingerprint density at radius 3 is 2.50 bits per heavy atom. The summed E-state index contributed by atoms with van der Waals surface area (Å²) in [6, 6.07) is 3.13. The third kappa shape index (κ3) is 4.81. The molecular weight excluding hydrogens is 326 g/mol. The Morgan fingerprint density at radius 1 is 1.19 bits per heavy atom. The molecule has 1 aromatic heterocycles. The van der Waals surface area contributed by atoms with Crippen LogP contribution < -0.4 is 16.0 Å². The Labute approximate surface area is 156 Å². The van der Waals surface area contributed by atoms with E-state index >= 15 is 0 Å².